The molecule has 19 heavy (non-hydrogen) atoms. The number of ether oxygens (including phenoxy) is 2. The van der Waals surface area contributed by atoms with Gasteiger partial charge in [-0.15, -0.1) is 0 Å². The number of nitrogens with two attached hydrogens (primary N) is 1. The molecular weight excluding hydrogens is 240 g/mol. The largest absolute Gasteiger partial charge is 0.493 e. The predicted molar refractivity (Wildman–Crippen MR) is 74.3 cm³/mol. The molecule has 1 heterocycles. The summed E-state index contributed by atoms with van der Waals surface area (Å²) >= 11 is 0. The van der Waals surface area contributed by atoms with Crippen molar-refractivity contribution < 1.29 is 9.47 Å². The highest BCUT2D eigenvalue weighted by atomic mass is 16.5. The summed E-state index contributed by atoms with van der Waals surface area (Å²) in [6.07, 6.45) is 2.58. The Morgan fingerprint density at radius 2 is 2.05 bits per heavy atom. The zero-order valence-electron chi connectivity index (χ0n) is 11.0. The molecular formula is C15H18N2O2. The summed E-state index contributed by atoms with van der Waals surface area (Å²) in [7, 11) is 1.63. The molecule has 2 aromatic rings. The summed E-state index contributed by atoms with van der Waals surface area (Å²) in [4.78, 5) is 4.21. The average Bonchev–Trinajstić information content (AvgIpc) is 2.47. The third kappa shape index (κ3) is 3.69. The molecule has 100 valence electrons. The molecule has 0 fully saturated rings. The van der Waals surface area contributed by atoms with E-state index in [1.807, 2.05) is 36.4 Å². The van der Waals surface area contributed by atoms with Crippen molar-refractivity contribution >= 4 is 0 Å². The predicted octanol–water partition coefficient (Wildman–Crippen LogP) is 2.17. The van der Waals surface area contributed by atoms with E-state index >= 15 is 0 Å². The molecule has 0 amide bonds. The maximum Gasteiger partial charge on any atom is 0.161 e. The minimum atomic E-state index is 0.424. The fraction of sp³-hybridized carbons (Fsp3) is 0.267. The first-order chi connectivity index (χ1) is 9.33. The van der Waals surface area contributed by atoms with Crippen molar-refractivity contribution in [1.29, 1.82) is 0 Å². The van der Waals surface area contributed by atoms with Gasteiger partial charge in [0.2, 0.25) is 0 Å². The molecule has 0 atom stereocenters. The Morgan fingerprint density at radius 3 is 2.74 bits per heavy atom. The van der Waals surface area contributed by atoms with Gasteiger partial charge in [-0.1, -0.05) is 12.1 Å². The van der Waals surface area contributed by atoms with Crippen LogP contribution in [0.4, 0.5) is 0 Å². The highest BCUT2D eigenvalue weighted by Gasteiger charge is 2.06. The van der Waals surface area contributed by atoms with Gasteiger partial charge in [-0.05, 0) is 42.8 Å². The molecule has 0 spiro atoms. The number of rotatable bonds is 6. The monoisotopic (exact) mass is 258 g/mol. The van der Waals surface area contributed by atoms with Crippen LogP contribution in [0.2, 0.25) is 0 Å². The zero-order valence-corrected chi connectivity index (χ0v) is 11.0. The second-order valence-corrected chi connectivity index (χ2v) is 4.13. The van der Waals surface area contributed by atoms with Crippen LogP contribution < -0.4 is 15.2 Å². The van der Waals surface area contributed by atoms with Crippen molar-refractivity contribution in [2.75, 3.05) is 13.7 Å². The number of nitrogens with zero attached hydrogens (tertiary/aromatic N) is 1. The summed E-state index contributed by atoms with van der Waals surface area (Å²) in [6, 6.07) is 11.6. The third-order valence-electron chi connectivity index (χ3n) is 2.76. The second kappa shape index (κ2) is 6.75. The van der Waals surface area contributed by atoms with E-state index in [1.165, 1.54) is 0 Å². The SMILES string of the molecule is COc1cc(CCN)ccc1OCc1ccccn1. The molecule has 0 aliphatic heterocycles. The molecule has 0 radical (unpaired) electrons. The van der Waals surface area contributed by atoms with Gasteiger partial charge in [0.1, 0.15) is 6.61 Å². The normalized spacial score (nSPS) is 10.2. The Kier molecular flexibility index (Phi) is 4.75. The van der Waals surface area contributed by atoms with Crippen LogP contribution in [0.3, 0.4) is 0 Å². The molecule has 1 aromatic heterocycles. The van der Waals surface area contributed by atoms with Crippen LogP contribution in [0.25, 0.3) is 0 Å². The van der Waals surface area contributed by atoms with Crippen LogP contribution in [-0.4, -0.2) is 18.6 Å². The lowest BCUT2D eigenvalue weighted by molar-refractivity contribution is 0.280. The van der Waals surface area contributed by atoms with Crippen molar-refractivity contribution in [3.05, 3.63) is 53.9 Å². The minimum Gasteiger partial charge on any atom is -0.493 e. The van der Waals surface area contributed by atoms with Crippen molar-refractivity contribution in [2.24, 2.45) is 5.73 Å². The number of benzene rings is 1. The molecule has 4 heteroatoms. The lowest BCUT2D eigenvalue weighted by atomic mass is 10.1. The van der Waals surface area contributed by atoms with Crippen molar-refractivity contribution in [3.8, 4) is 11.5 Å². The summed E-state index contributed by atoms with van der Waals surface area (Å²) in [6.45, 7) is 1.05. The topological polar surface area (TPSA) is 57.4 Å². The van der Waals surface area contributed by atoms with Crippen molar-refractivity contribution in [3.63, 3.8) is 0 Å². The highest BCUT2D eigenvalue weighted by Crippen LogP contribution is 2.28. The maximum absolute atomic E-state index is 5.73. The maximum atomic E-state index is 5.73. The summed E-state index contributed by atoms with van der Waals surface area (Å²) in [5, 5.41) is 0. The highest BCUT2D eigenvalue weighted by molar-refractivity contribution is 5.43. The summed E-state index contributed by atoms with van der Waals surface area (Å²) < 4.78 is 11.1. The quantitative estimate of drug-likeness (QED) is 0.862. The third-order valence-corrected chi connectivity index (χ3v) is 2.76. The van der Waals surface area contributed by atoms with Crippen molar-refractivity contribution in [1.82, 2.24) is 4.98 Å². The van der Waals surface area contributed by atoms with E-state index in [0.717, 1.165) is 23.4 Å². The first-order valence-corrected chi connectivity index (χ1v) is 6.23. The lowest BCUT2D eigenvalue weighted by Crippen LogP contribution is -2.04. The van der Waals surface area contributed by atoms with Crippen LogP contribution in [0.1, 0.15) is 11.3 Å². The van der Waals surface area contributed by atoms with Crippen molar-refractivity contribution in [2.45, 2.75) is 13.0 Å². The van der Waals surface area contributed by atoms with Gasteiger partial charge < -0.3 is 15.2 Å². The second-order valence-electron chi connectivity index (χ2n) is 4.13. The average molecular weight is 258 g/mol. The van der Waals surface area contributed by atoms with Crippen LogP contribution in [0.15, 0.2) is 42.6 Å². The Morgan fingerprint density at radius 1 is 1.16 bits per heavy atom. The van der Waals surface area contributed by atoms with Gasteiger partial charge in [0, 0.05) is 6.20 Å². The molecule has 0 saturated heterocycles. The molecule has 2 rings (SSSR count). The number of pyridine rings is 1. The molecule has 0 aliphatic rings. The van der Waals surface area contributed by atoms with Gasteiger partial charge >= 0.3 is 0 Å². The van der Waals surface area contributed by atoms with Crippen LogP contribution in [0.5, 0.6) is 11.5 Å². The molecule has 2 N–H and O–H groups in total. The van der Waals surface area contributed by atoms with Crippen LogP contribution in [0, 0.1) is 0 Å². The molecule has 0 saturated carbocycles. The minimum absolute atomic E-state index is 0.424. The summed E-state index contributed by atoms with van der Waals surface area (Å²) in [5.74, 6) is 1.44. The molecule has 0 unspecified atom stereocenters. The van der Waals surface area contributed by atoms with E-state index in [2.05, 4.69) is 4.98 Å². The van der Waals surface area contributed by atoms with Crippen LogP contribution in [-0.2, 0) is 13.0 Å². The Bertz CT molecular complexity index is 515. The standard InChI is InChI=1S/C15H18N2O2/c1-18-15-10-12(7-8-16)5-6-14(15)19-11-13-4-2-3-9-17-13/h2-6,9-10H,7-8,11,16H2,1H3. The van der Waals surface area contributed by atoms with Gasteiger partial charge in [-0.2, -0.15) is 0 Å². The lowest BCUT2D eigenvalue weighted by Gasteiger charge is -2.11. The number of aromatic nitrogens is 1. The summed E-state index contributed by atoms with van der Waals surface area (Å²) in [5.41, 5.74) is 7.57. The molecule has 1 aromatic carbocycles. The van der Waals surface area contributed by atoms with E-state index in [0.29, 0.717) is 18.9 Å². The Hall–Kier alpha value is -2.07. The number of hydrogen-bond acceptors (Lipinski definition) is 4. The van der Waals surface area contributed by atoms with Gasteiger partial charge in [0.05, 0.1) is 12.8 Å². The molecule has 0 aliphatic carbocycles. The van der Waals surface area contributed by atoms with E-state index in [-0.39, 0.29) is 0 Å². The van der Waals surface area contributed by atoms with Gasteiger partial charge in [-0.25, -0.2) is 0 Å². The fourth-order valence-corrected chi connectivity index (χ4v) is 1.79. The van der Waals surface area contributed by atoms with E-state index in [4.69, 9.17) is 15.2 Å². The van der Waals surface area contributed by atoms with Gasteiger partial charge in [0.25, 0.3) is 0 Å². The van der Waals surface area contributed by atoms with Gasteiger partial charge in [0.15, 0.2) is 11.5 Å². The zero-order chi connectivity index (χ0) is 13.5. The molecule has 0 bridgehead atoms. The van der Waals surface area contributed by atoms with E-state index < -0.39 is 0 Å². The first kappa shape index (κ1) is 13.4. The van der Waals surface area contributed by atoms with E-state index in [1.54, 1.807) is 13.3 Å². The first-order valence-electron chi connectivity index (χ1n) is 6.23. The number of methoxy groups -OCH3 is 1. The van der Waals surface area contributed by atoms with Gasteiger partial charge in [-0.3, -0.25) is 4.98 Å². The Labute approximate surface area is 113 Å². The van der Waals surface area contributed by atoms with E-state index in [9.17, 15) is 0 Å². The Balaban J connectivity index is 2.07. The smallest absolute Gasteiger partial charge is 0.161 e. The fourth-order valence-electron chi connectivity index (χ4n) is 1.79. The van der Waals surface area contributed by atoms with Crippen LogP contribution >= 0.6 is 0 Å². The molecule has 4 nitrogen and oxygen atoms in total. The number of hydrogen-bond donors (Lipinski definition) is 1.